The topological polar surface area (TPSA) is 66.4 Å². The van der Waals surface area contributed by atoms with Gasteiger partial charge in [0.05, 0.1) is 5.97 Å². The molecule has 0 radical (unpaired) electrons. The number of carboxylic acid groups (broad SMARTS) is 1. The summed E-state index contributed by atoms with van der Waals surface area (Å²) in [6.45, 7) is 5.24. The van der Waals surface area contributed by atoms with E-state index in [1.165, 1.54) is 6.07 Å². The summed E-state index contributed by atoms with van der Waals surface area (Å²) < 4.78 is 5.36. The molecule has 0 aliphatic heterocycles. The van der Waals surface area contributed by atoms with E-state index in [0.29, 0.717) is 17.6 Å². The standard InChI is InChI=1S/C13H16O4/c1-13(2,3)11(12(15)16)17-10-6-4-5-9(7-10)8-14/h4-8,11H,1-3H3,(H,15,16)/p-1. The van der Waals surface area contributed by atoms with Crippen LogP contribution in [0.15, 0.2) is 24.3 Å². The van der Waals surface area contributed by atoms with Crippen LogP contribution in [0.3, 0.4) is 0 Å². The van der Waals surface area contributed by atoms with Gasteiger partial charge in [0.15, 0.2) is 0 Å². The molecule has 0 aliphatic carbocycles. The number of rotatable bonds is 4. The predicted molar refractivity (Wildman–Crippen MR) is 60.7 cm³/mol. The molecule has 0 bridgehead atoms. The number of carbonyl (C=O) groups is 2. The summed E-state index contributed by atoms with van der Waals surface area (Å²) in [4.78, 5) is 21.6. The lowest BCUT2D eigenvalue weighted by molar-refractivity contribution is -0.317. The number of aliphatic carboxylic acids is 1. The number of hydrogen-bond acceptors (Lipinski definition) is 4. The third-order valence-electron chi connectivity index (χ3n) is 2.25. The van der Waals surface area contributed by atoms with Gasteiger partial charge < -0.3 is 14.6 Å². The van der Waals surface area contributed by atoms with Gasteiger partial charge in [0.1, 0.15) is 18.1 Å². The Morgan fingerprint density at radius 1 is 1.41 bits per heavy atom. The molecule has 0 aromatic heterocycles. The number of carboxylic acids is 1. The van der Waals surface area contributed by atoms with E-state index in [1.807, 2.05) is 0 Å². The first-order valence-electron chi connectivity index (χ1n) is 5.27. The Balaban J connectivity index is 2.94. The number of ether oxygens (including phenoxy) is 1. The van der Waals surface area contributed by atoms with Crippen LogP contribution in [0.5, 0.6) is 5.75 Å². The van der Waals surface area contributed by atoms with Crippen molar-refractivity contribution in [2.45, 2.75) is 26.9 Å². The summed E-state index contributed by atoms with van der Waals surface area (Å²) in [5.41, 5.74) is -0.149. The van der Waals surface area contributed by atoms with Crippen LogP contribution in [-0.4, -0.2) is 18.4 Å². The van der Waals surface area contributed by atoms with E-state index in [9.17, 15) is 14.7 Å². The monoisotopic (exact) mass is 235 g/mol. The summed E-state index contributed by atoms with van der Waals surface area (Å²) >= 11 is 0. The highest BCUT2D eigenvalue weighted by Crippen LogP contribution is 2.24. The number of hydrogen-bond donors (Lipinski definition) is 0. The molecule has 1 aromatic rings. The zero-order valence-corrected chi connectivity index (χ0v) is 10.1. The van der Waals surface area contributed by atoms with Gasteiger partial charge >= 0.3 is 0 Å². The van der Waals surface area contributed by atoms with E-state index in [1.54, 1.807) is 39.0 Å². The fraction of sp³-hybridized carbons (Fsp3) is 0.385. The van der Waals surface area contributed by atoms with E-state index in [-0.39, 0.29) is 0 Å². The summed E-state index contributed by atoms with van der Waals surface area (Å²) in [7, 11) is 0. The normalized spacial score (nSPS) is 12.9. The van der Waals surface area contributed by atoms with Crippen molar-refractivity contribution in [3.63, 3.8) is 0 Å². The summed E-state index contributed by atoms with van der Waals surface area (Å²) in [6, 6.07) is 6.35. The maximum absolute atomic E-state index is 11.0. The smallest absolute Gasteiger partial charge is 0.150 e. The molecule has 4 heteroatoms. The van der Waals surface area contributed by atoms with Crippen LogP contribution >= 0.6 is 0 Å². The van der Waals surface area contributed by atoms with E-state index < -0.39 is 17.5 Å². The predicted octanol–water partition coefficient (Wildman–Crippen LogP) is 1.04. The van der Waals surface area contributed by atoms with Gasteiger partial charge in [0.2, 0.25) is 0 Å². The molecule has 0 heterocycles. The number of aldehydes is 1. The molecule has 0 saturated heterocycles. The van der Waals surface area contributed by atoms with Gasteiger partial charge in [-0.1, -0.05) is 32.9 Å². The maximum Gasteiger partial charge on any atom is 0.150 e. The molecule has 0 spiro atoms. The van der Waals surface area contributed by atoms with E-state index >= 15 is 0 Å². The van der Waals surface area contributed by atoms with Crippen molar-refractivity contribution < 1.29 is 19.4 Å². The van der Waals surface area contributed by atoms with Gasteiger partial charge in [-0.15, -0.1) is 0 Å². The quantitative estimate of drug-likeness (QED) is 0.731. The molecule has 0 amide bonds. The summed E-state index contributed by atoms with van der Waals surface area (Å²) in [5, 5.41) is 11.0. The molecule has 1 rings (SSSR count). The minimum Gasteiger partial charge on any atom is -0.546 e. The fourth-order valence-electron chi connectivity index (χ4n) is 1.38. The van der Waals surface area contributed by atoms with Gasteiger partial charge in [-0.05, 0) is 12.1 Å². The van der Waals surface area contributed by atoms with E-state index in [4.69, 9.17) is 4.74 Å². The highest BCUT2D eigenvalue weighted by Gasteiger charge is 2.27. The number of benzene rings is 1. The van der Waals surface area contributed by atoms with Crippen molar-refractivity contribution in [3.05, 3.63) is 29.8 Å². The second kappa shape index (κ2) is 4.99. The van der Waals surface area contributed by atoms with Gasteiger partial charge in [-0.25, -0.2) is 0 Å². The third kappa shape index (κ3) is 3.59. The van der Waals surface area contributed by atoms with Crippen LogP contribution in [0.2, 0.25) is 0 Å². The minimum atomic E-state index is -1.27. The number of carbonyl (C=O) groups excluding carboxylic acids is 2. The van der Waals surface area contributed by atoms with Crippen molar-refractivity contribution in [3.8, 4) is 5.75 Å². The molecule has 17 heavy (non-hydrogen) atoms. The molecule has 0 saturated carbocycles. The van der Waals surface area contributed by atoms with Gasteiger partial charge in [-0.2, -0.15) is 0 Å². The van der Waals surface area contributed by atoms with Gasteiger partial charge in [0.25, 0.3) is 0 Å². The molecular formula is C13H15O4-. The zero-order chi connectivity index (χ0) is 13.1. The van der Waals surface area contributed by atoms with Gasteiger partial charge in [-0.3, -0.25) is 4.79 Å². The first-order chi connectivity index (χ1) is 7.84. The zero-order valence-electron chi connectivity index (χ0n) is 10.1. The van der Waals surface area contributed by atoms with Crippen molar-refractivity contribution >= 4 is 12.3 Å². The fourth-order valence-corrected chi connectivity index (χ4v) is 1.38. The molecule has 0 N–H and O–H groups in total. The minimum absolute atomic E-state index is 0.346. The molecule has 0 aliphatic rings. The average molecular weight is 235 g/mol. The second-order valence-electron chi connectivity index (χ2n) is 4.87. The average Bonchev–Trinajstić information content (AvgIpc) is 2.24. The van der Waals surface area contributed by atoms with E-state index in [2.05, 4.69) is 0 Å². The Morgan fingerprint density at radius 2 is 2.06 bits per heavy atom. The van der Waals surface area contributed by atoms with Crippen molar-refractivity contribution in [2.24, 2.45) is 5.41 Å². The van der Waals surface area contributed by atoms with Crippen LogP contribution in [0.4, 0.5) is 0 Å². The second-order valence-corrected chi connectivity index (χ2v) is 4.87. The Bertz CT molecular complexity index is 418. The molecule has 1 aromatic carbocycles. The molecular weight excluding hydrogens is 220 g/mol. The Kier molecular flexibility index (Phi) is 3.89. The molecule has 1 atom stereocenters. The van der Waals surface area contributed by atoms with Crippen molar-refractivity contribution in [1.82, 2.24) is 0 Å². The SMILES string of the molecule is CC(C)(C)C(Oc1cccc(C=O)c1)C(=O)[O-]. The first kappa shape index (κ1) is 13.2. The lowest BCUT2D eigenvalue weighted by Gasteiger charge is -2.31. The summed E-state index contributed by atoms with van der Waals surface area (Å²) in [5.74, 6) is -0.923. The van der Waals surface area contributed by atoms with Crippen LogP contribution in [-0.2, 0) is 4.79 Å². The van der Waals surface area contributed by atoms with Crippen molar-refractivity contribution in [1.29, 1.82) is 0 Å². The molecule has 1 unspecified atom stereocenters. The van der Waals surface area contributed by atoms with Crippen LogP contribution in [0.1, 0.15) is 31.1 Å². The van der Waals surface area contributed by atoms with Crippen LogP contribution in [0.25, 0.3) is 0 Å². The molecule has 0 fully saturated rings. The maximum atomic E-state index is 11.0. The Morgan fingerprint density at radius 3 is 2.53 bits per heavy atom. The molecule has 92 valence electrons. The van der Waals surface area contributed by atoms with Crippen molar-refractivity contribution in [2.75, 3.05) is 0 Å². The van der Waals surface area contributed by atoms with E-state index in [0.717, 1.165) is 0 Å². The van der Waals surface area contributed by atoms with Crippen LogP contribution < -0.4 is 9.84 Å². The lowest BCUT2D eigenvalue weighted by Crippen LogP contribution is -2.47. The van der Waals surface area contributed by atoms with Crippen LogP contribution in [0, 0.1) is 5.41 Å². The summed E-state index contributed by atoms with van der Waals surface area (Å²) in [6.07, 6.45) is -0.387. The third-order valence-corrected chi connectivity index (χ3v) is 2.25. The highest BCUT2D eigenvalue weighted by molar-refractivity contribution is 5.75. The largest absolute Gasteiger partial charge is 0.546 e. The molecule has 4 nitrogen and oxygen atoms in total. The van der Waals surface area contributed by atoms with Gasteiger partial charge in [0, 0.05) is 11.0 Å². The lowest BCUT2D eigenvalue weighted by atomic mass is 9.89. The Hall–Kier alpha value is -1.84. The Labute approximate surface area is 100 Å². The highest BCUT2D eigenvalue weighted by atomic mass is 16.5. The first-order valence-corrected chi connectivity index (χ1v) is 5.27.